The summed E-state index contributed by atoms with van der Waals surface area (Å²) in [6.45, 7) is 4.29. The number of hydrogen-bond acceptors (Lipinski definition) is 7. The van der Waals surface area contributed by atoms with Crippen molar-refractivity contribution in [1.29, 1.82) is 0 Å². The lowest BCUT2D eigenvalue weighted by atomic mass is 9.92. The lowest BCUT2D eigenvalue weighted by Crippen LogP contribution is -2.49. The molecule has 2 aromatic carbocycles. The maximum Gasteiger partial charge on any atom is 0.337 e. The number of ether oxygens (including phenoxy) is 3. The van der Waals surface area contributed by atoms with E-state index in [0.717, 1.165) is 25.2 Å². The second-order valence-corrected chi connectivity index (χ2v) is 9.39. The summed E-state index contributed by atoms with van der Waals surface area (Å²) in [4.78, 5) is 29.5. The number of nitrogens with zero attached hydrogens (tertiary/aromatic N) is 2. The van der Waals surface area contributed by atoms with E-state index in [0.29, 0.717) is 50.3 Å². The molecule has 0 bridgehead atoms. The van der Waals surface area contributed by atoms with Gasteiger partial charge in [-0.1, -0.05) is 42.5 Å². The summed E-state index contributed by atoms with van der Waals surface area (Å²) < 4.78 is 16.8. The third-order valence-corrected chi connectivity index (χ3v) is 6.79. The van der Waals surface area contributed by atoms with Gasteiger partial charge in [-0.15, -0.1) is 0 Å². The van der Waals surface area contributed by atoms with E-state index in [4.69, 9.17) is 19.3 Å². The van der Waals surface area contributed by atoms with Crippen molar-refractivity contribution < 1.29 is 28.9 Å². The Morgan fingerprint density at radius 1 is 1.00 bits per heavy atom. The molecule has 0 unspecified atom stereocenters. The van der Waals surface area contributed by atoms with Crippen LogP contribution in [0.3, 0.4) is 0 Å². The first-order valence-electron chi connectivity index (χ1n) is 12.9. The minimum absolute atomic E-state index is 0.0957. The number of aliphatic hydroxyl groups excluding tert-OH is 1. The van der Waals surface area contributed by atoms with E-state index in [2.05, 4.69) is 17.0 Å². The highest BCUT2D eigenvalue weighted by Gasteiger charge is 2.32. The molecule has 198 valence electrons. The van der Waals surface area contributed by atoms with Crippen LogP contribution in [0.1, 0.15) is 46.7 Å². The number of piperazine rings is 1. The van der Waals surface area contributed by atoms with E-state index in [-0.39, 0.29) is 24.4 Å². The number of hydrogen-bond donors (Lipinski definition) is 1. The Kier molecular flexibility index (Phi) is 9.71. The fourth-order valence-electron chi connectivity index (χ4n) is 4.66. The van der Waals surface area contributed by atoms with Crippen molar-refractivity contribution in [2.75, 3.05) is 46.5 Å². The van der Waals surface area contributed by atoms with Crippen LogP contribution in [0, 0.1) is 0 Å². The highest BCUT2D eigenvalue weighted by Crippen LogP contribution is 2.32. The molecule has 2 aromatic rings. The van der Waals surface area contributed by atoms with Crippen LogP contribution in [0.25, 0.3) is 0 Å². The van der Waals surface area contributed by atoms with Crippen LogP contribution in [0.15, 0.2) is 66.4 Å². The van der Waals surface area contributed by atoms with Crippen molar-refractivity contribution in [3.63, 3.8) is 0 Å². The summed E-state index contributed by atoms with van der Waals surface area (Å²) in [5.74, 6) is -0.306. The first kappa shape index (κ1) is 26.9. The van der Waals surface area contributed by atoms with E-state index >= 15 is 0 Å². The van der Waals surface area contributed by atoms with Gasteiger partial charge in [-0.05, 0) is 42.2 Å². The van der Waals surface area contributed by atoms with Crippen LogP contribution in [0.2, 0.25) is 0 Å². The van der Waals surface area contributed by atoms with E-state index in [1.807, 2.05) is 41.3 Å². The summed E-state index contributed by atoms with van der Waals surface area (Å²) in [5, 5.41) is 9.05. The van der Waals surface area contributed by atoms with E-state index in [9.17, 15) is 9.59 Å². The Hall–Kier alpha value is -3.20. The number of esters is 1. The Bertz CT molecular complexity index is 1050. The van der Waals surface area contributed by atoms with Crippen molar-refractivity contribution in [3.8, 4) is 0 Å². The Labute approximate surface area is 218 Å². The number of rotatable bonds is 10. The molecule has 2 atom stereocenters. The van der Waals surface area contributed by atoms with E-state index in [1.54, 1.807) is 12.1 Å². The molecule has 0 radical (unpaired) electrons. The molecule has 1 saturated heterocycles. The molecule has 0 aromatic heterocycles. The fourth-order valence-corrected chi connectivity index (χ4v) is 4.66. The zero-order valence-electron chi connectivity index (χ0n) is 21.4. The number of unbranched alkanes of at least 4 members (excludes halogenated alkanes) is 1. The SMILES string of the molecule is COC(=O)c1ccc([C@@H]2C=C(C(=O)N3CCN(Cc4ccccc4)CC3)O[C@H](OCCCCO)C2)cc1. The summed E-state index contributed by atoms with van der Waals surface area (Å²) in [7, 11) is 1.36. The van der Waals surface area contributed by atoms with Gasteiger partial charge in [0.2, 0.25) is 6.29 Å². The van der Waals surface area contributed by atoms with Crippen LogP contribution < -0.4 is 0 Å². The quantitative estimate of drug-likeness (QED) is 0.389. The van der Waals surface area contributed by atoms with E-state index in [1.165, 1.54) is 12.7 Å². The van der Waals surface area contributed by atoms with Gasteiger partial charge in [-0.25, -0.2) is 4.79 Å². The van der Waals surface area contributed by atoms with Gasteiger partial charge >= 0.3 is 5.97 Å². The van der Waals surface area contributed by atoms with Crippen LogP contribution in [-0.2, 0) is 25.5 Å². The first-order valence-corrected chi connectivity index (χ1v) is 12.9. The fraction of sp³-hybridized carbons (Fsp3) is 0.448. The molecule has 1 N–H and O–H groups in total. The largest absolute Gasteiger partial charge is 0.465 e. The van der Waals surface area contributed by atoms with Crippen LogP contribution in [-0.4, -0.2) is 79.6 Å². The average molecular weight is 509 g/mol. The molecule has 2 aliphatic rings. The second kappa shape index (κ2) is 13.4. The standard InChI is InChI=1S/C29H36N2O6/c1-35-29(34)24-11-9-23(10-12-24)25-19-26(37-27(20-25)36-18-6-5-17-32)28(33)31-15-13-30(14-16-31)21-22-7-3-2-4-8-22/h2-4,7-12,19,25,27,32H,5-6,13-18,20-21H2,1H3/t25-,27+/m1/s1. The molecule has 1 fully saturated rings. The smallest absolute Gasteiger partial charge is 0.337 e. The topological polar surface area (TPSA) is 88.5 Å². The van der Waals surface area contributed by atoms with Gasteiger partial charge in [0.15, 0.2) is 5.76 Å². The molecule has 4 rings (SSSR count). The molecular formula is C29H36N2O6. The molecule has 1 amide bonds. The molecule has 37 heavy (non-hydrogen) atoms. The summed E-state index contributed by atoms with van der Waals surface area (Å²) in [6, 6.07) is 17.6. The van der Waals surface area contributed by atoms with Gasteiger partial charge in [0.1, 0.15) is 0 Å². The summed E-state index contributed by atoms with van der Waals surface area (Å²) in [6.07, 6.45) is 3.23. The number of allylic oxidation sites excluding steroid dienone is 1. The molecule has 0 spiro atoms. The normalized spacial score (nSPS) is 20.2. The summed E-state index contributed by atoms with van der Waals surface area (Å²) >= 11 is 0. The van der Waals surface area contributed by atoms with Crippen LogP contribution >= 0.6 is 0 Å². The van der Waals surface area contributed by atoms with Gasteiger partial charge in [0, 0.05) is 51.7 Å². The minimum atomic E-state index is -0.563. The highest BCUT2D eigenvalue weighted by molar-refractivity contribution is 5.92. The van der Waals surface area contributed by atoms with Crippen molar-refractivity contribution in [2.45, 2.75) is 38.0 Å². The highest BCUT2D eigenvalue weighted by atomic mass is 16.7. The van der Waals surface area contributed by atoms with Gasteiger partial charge < -0.3 is 24.2 Å². The lowest BCUT2D eigenvalue weighted by molar-refractivity contribution is -0.154. The Morgan fingerprint density at radius 2 is 1.73 bits per heavy atom. The zero-order valence-corrected chi connectivity index (χ0v) is 21.4. The van der Waals surface area contributed by atoms with Crippen molar-refractivity contribution in [3.05, 3.63) is 83.1 Å². The van der Waals surface area contributed by atoms with Crippen LogP contribution in [0.4, 0.5) is 0 Å². The number of carbonyl (C=O) groups excluding carboxylic acids is 2. The maximum atomic E-state index is 13.5. The van der Waals surface area contributed by atoms with E-state index < -0.39 is 6.29 Å². The molecule has 2 aliphatic heterocycles. The van der Waals surface area contributed by atoms with Crippen LogP contribution in [0.5, 0.6) is 0 Å². The number of amides is 1. The first-order chi connectivity index (χ1) is 18.1. The maximum absolute atomic E-state index is 13.5. The van der Waals surface area contributed by atoms with Crippen molar-refractivity contribution in [2.24, 2.45) is 0 Å². The van der Waals surface area contributed by atoms with Crippen molar-refractivity contribution >= 4 is 11.9 Å². The molecule has 2 heterocycles. The van der Waals surface area contributed by atoms with Crippen molar-refractivity contribution in [1.82, 2.24) is 9.80 Å². The molecule has 0 saturated carbocycles. The average Bonchev–Trinajstić information content (AvgIpc) is 2.95. The Balaban J connectivity index is 1.42. The number of aliphatic hydroxyl groups is 1. The van der Waals surface area contributed by atoms with Gasteiger partial charge in [-0.2, -0.15) is 0 Å². The molecule has 8 heteroatoms. The molecule has 8 nitrogen and oxygen atoms in total. The lowest BCUT2D eigenvalue weighted by Gasteiger charge is -2.36. The van der Waals surface area contributed by atoms with Gasteiger partial charge in [0.25, 0.3) is 5.91 Å². The number of carbonyl (C=O) groups is 2. The van der Waals surface area contributed by atoms with Gasteiger partial charge in [0.05, 0.1) is 19.3 Å². The molecule has 0 aliphatic carbocycles. The molecular weight excluding hydrogens is 472 g/mol. The monoisotopic (exact) mass is 508 g/mol. The third kappa shape index (κ3) is 7.41. The predicted molar refractivity (Wildman–Crippen MR) is 139 cm³/mol. The third-order valence-electron chi connectivity index (χ3n) is 6.79. The second-order valence-electron chi connectivity index (χ2n) is 9.39. The minimum Gasteiger partial charge on any atom is -0.465 e. The number of methoxy groups -OCH3 is 1. The Morgan fingerprint density at radius 3 is 2.41 bits per heavy atom. The summed E-state index contributed by atoms with van der Waals surface area (Å²) in [5.41, 5.74) is 2.71. The predicted octanol–water partition coefficient (Wildman–Crippen LogP) is 3.32. The number of benzene rings is 2. The van der Waals surface area contributed by atoms with Gasteiger partial charge in [-0.3, -0.25) is 9.69 Å². The zero-order chi connectivity index (χ0) is 26.0.